The lowest BCUT2D eigenvalue weighted by atomic mass is 10.1. The van der Waals surface area contributed by atoms with E-state index in [0.29, 0.717) is 30.9 Å². The van der Waals surface area contributed by atoms with Crippen LogP contribution in [0.25, 0.3) is 0 Å². The van der Waals surface area contributed by atoms with E-state index in [4.69, 9.17) is 4.74 Å². The highest BCUT2D eigenvalue weighted by atomic mass is 19.4. The molecule has 0 unspecified atom stereocenters. The molecule has 0 aromatic heterocycles. The number of alkyl halides is 6. The van der Waals surface area contributed by atoms with Crippen LogP contribution in [-0.4, -0.2) is 48.6 Å². The van der Waals surface area contributed by atoms with Crippen LogP contribution in [0.2, 0.25) is 0 Å². The third-order valence-electron chi connectivity index (χ3n) is 6.85. The summed E-state index contributed by atoms with van der Waals surface area (Å²) in [6.07, 6.45) is -6.60. The zero-order valence-corrected chi connectivity index (χ0v) is 22.3. The number of aryl methyl sites for hydroxylation is 1. The van der Waals surface area contributed by atoms with Crippen LogP contribution in [0, 0.1) is 0 Å². The molecule has 0 spiro atoms. The first-order chi connectivity index (χ1) is 19.5. The Hall–Kier alpha value is -3.73. The van der Waals surface area contributed by atoms with E-state index in [1.54, 1.807) is 17.0 Å². The Balaban J connectivity index is 1.21. The molecule has 4 rings (SSSR count). The second kappa shape index (κ2) is 13.3. The van der Waals surface area contributed by atoms with Crippen LogP contribution in [-0.2, 0) is 25.4 Å². The second-order valence-electron chi connectivity index (χ2n) is 9.93. The number of benzene rings is 3. The summed E-state index contributed by atoms with van der Waals surface area (Å²) in [6.45, 7) is 3.27. The number of amides is 2. The predicted octanol–water partition coefficient (Wildman–Crippen LogP) is 7.48. The summed E-state index contributed by atoms with van der Waals surface area (Å²) in [5.74, 6) is 0.231. The normalized spacial score (nSPS) is 14.6. The van der Waals surface area contributed by atoms with Crippen molar-refractivity contribution in [2.45, 2.75) is 38.2 Å². The lowest BCUT2D eigenvalue weighted by Gasteiger charge is -2.34. The number of unbranched alkanes of at least 4 members (excludes halogenated alkanes) is 1. The fourth-order valence-electron chi connectivity index (χ4n) is 4.59. The van der Waals surface area contributed by atoms with Crippen molar-refractivity contribution in [1.29, 1.82) is 0 Å². The summed E-state index contributed by atoms with van der Waals surface area (Å²) in [7, 11) is 0. The maximum atomic E-state index is 13.1. The summed E-state index contributed by atoms with van der Waals surface area (Å²) in [6, 6.07) is 17.6. The highest BCUT2D eigenvalue weighted by molar-refractivity contribution is 5.89. The average Bonchev–Trinajstić information content (AvgIpc) is 2.95. The van der Waals surface area contributed by atoms with Gasteiger partial charge in [0, 0.05) is 31.9 Å². The Morgan fingerprint density at radius 3 is 1.95 bits per heavy atom. The van der Waals surface area contributed by atoms with Gasteiger partial charge in [-0.1, -0.05) is 30.3 Å². The van der Waals surface area contributed by atoms with Crippen LogP contribution in [0.15, 0.2) is 72.8 Å². The van der Waals surface area contributed by atoms with E-state index in [2.05, 4.69) is 22.3 Å². The van der Waals surface area contributed by atoms with Crippen molar-refractivity contribution >= 4 is 11.7 Å². The number of nitrogens with zero attached hydrogens (tertiary/aromatic N) is 2. The first kappa shape index (κ1) is 30.2. The van der Waals surface area contributed by atoms with Gasteiger partial charge in [-0.2, -0.15) is 26.3 Å². The molecule has 1 N–H and O–H groups in total. The van der Waals surface area contributed by atoms with Crippen molar-refractivity contribution in [3.8, 4) is 5.75 Å². The molecule has 1 aliphatic rings. The number of carbonyl (C=O) groups excluding carboxylic acids is 1. The maximum Gasteiger partial charge on any atom is 0.416 e. The minimum absolute atomic E-state index is 0.0774. The van der Waals surface area contributed by atoms with E-state index < -0.39 is 30.1 Å². The smallest absolute Gasteiger partial charge is 0.416 e. The van der Waals surface area contributed by atoms with Crippen LogP contribution in [0.3, 0.4) is 0 Å². The summed E-state index contributed by atoms with van der Waals surface area (Å²) in [5.41, 5.74) is -1.23. The molecule has 0 bridgehead atoms. The molecule has 2 amide bonds. The van der Waals surface area contributed by atoms with Crippen LogP contribution in [0.4, 0.5) is 36.8 Å². The number of halogens is 6. The Morgan fingerprint density at radius 1 is 0.756 bits per heavy atom. The fourth-order valence-corrected chi connectivity index (χ4v) is 4.59. The van der Waals surface area contributed by atoms with Gasteiger partial charge in [-0.3, -0.25) is 4.90 Å². The third kappa shape index (κ3) is 9.14. The average molecular weight is 580 g/mol. The van der Waals surface area contributed by atoms with Gasteiger partial charge < -0.3 is 15.0 Å². The Morgan fingerprint density at radius 2 is 1.37 bits per heavy atom. The van der Waals surface area contributed by atoms with Crippen molar-refractivity contribution in [3.05, 3.63) is 95.1 Å². The quantitative estimate of drug-likeness (QED) is 0.211. The molecule has 0 radical (unpaired) electrons. The van der Waals surface area contributed by atoms with Crippen molar-refractivity contribution < 1.29 is 35.9 Å². The highest BCUT2D eigenvalue weighted by Crippen LogP contribution is 2.36. The Bertz CT molecular complexity index is 1240. The minimum atomic E-state index is -4.93. The number of rotatable bonds is 9. The van der Waals surface area contributed by atoms with E-state index >= 15 is 0 Å². The van der Waals surface area contributed by atoms with Crippen molar-refractivity contribution in [2.24, 2.45) is 0 Å². The lowest BCUT2D eigenvalue weighted by molar-refractivity contribution is -0.143. The van der Waals surface area contributed by atoms with E-state index in [-0.39, 0.29) is 23.4 Å². The first-order valence-electron chi connectivity index (χ1n) is 13.3. The van der Waals surface area contributed by atoms with Crippen LogP contribution in [0.1, 0.15) is 35.1 Å². The number of hydrogen-bond donors (Lipinski definition) is 1. The molecule has 1 fully saturated rings. The molecule has 1 aliphatic heterocycles. The minimum Gasteiger partial charge on any atom is -0.489 e. The van der Waals surface area contributed by atoms with Gasteiger partial charge in [0.15, 0.2) is 0 Å². The van der Waals surface area contributed by atoms with Crippen molar-refractivity contribution in [3.63, 3.8) is 0 Å². The molecule has 220 valence electrons. The molecule has 1 saturated heterocycles. The number of nitrogens with one attached hydrogen (secondary N) is 1. The summed E-state index contributed by atoms with van der Waals surface area (Å²) >= 11 is 0. The molecular weight excluding hydrogens is 548 g/mol. The second-order valence-corrected chi connectivity index (χ2v) is 9.93. The Labute approximate surface area is 234 Å². The van der Waals surface area contributed by atoms with Crippen LogP contribution < -0.4 is 10.1 Å². The van der Waals surface area contributed by atoms with E-state index in [9.17, 15) is 31.1 Å². The summed E-state index contributed by atoms with van der Waals surface area (Å²) < 4.78 is 83.8. The molecule has 0 atom stereocenters. The van der Waals surface area contributed by atoms with Gasteiger partial charge in [-0.05, 0) is 79.4 Å². The number of carbonyl (C=O) groups is 1. The maximum absolute atomic E-state index is 13.1. The van der Waals surface area contributed by atoms with Crippen molar-refractivity contribution in [1.82, 2.24) is 9.80 Å². The van der Waals surface area contributed by atoms with E-state index in [1.165, 1.54) is 17.7 Å². The molecular formula is C30H31F6N3O2. The van der Waals surface area contributed by atoms with Gasteiger partial charge in [0.1, 0.15) is 12.4 Å². The molecule has 0 saturated carbocycles. The van der Waals surface area contributed by atoms with Gasteiger partial charge in [-0.15, -0.1) is 0 Å². The van der Waals surface area contributed by atoms with Crippen LogP contribution in [0.5, 0.6) is 5.75 Å². The lowest BCUT2D eigenvalue weighted by Crippen LogP contribution is -2.50. The first-order valence-corrected chi connectivity index (χ1v) is 13.3. The molecule has 41 heavy (non-hydrogen) atoms. The van der Waals surface area contributed by atoms with E-state index in [0.717, 1.165) is 38.9 Å². The summed E-state index contributed by atoms with van der Waals surface area (Å²) in [5, 5.41) is 2.81. The molecule has 1 heterocycles. The van der Waals surface area contributed by atoms with Gasteiger partial charge in [-0.25, -0.2) is 4.79 Å². The predicted molar refractivity (Wildman–Crippen MR) is 144 cm³/mol. The SMILES string of the molecule is O=C(Nc1ccc(OCc2cc(C(F)(F)F)cc(C(F)(F)F)c2)cc1)N1CCN(CCCCc2ccccc2)CC1. The van der Waals surface area contributed by atoms with Crippen molar-refractivity contribution in [2.75, 3.05) is 38.0 Å². The standard InChI is InChI=1S/C30H31F6N3O2/c31-29(32,33)24-18-23(19-25(20-24)30(34,35)36)21-41-27-11-9-26(10-12-27)37-28(40)39-16-14-38(15-17-39)13-5-4-8-22-6-2-1-3-7-22/h1-3,6-7,9-12,18-20H,4-5,8,13-17,21H2,(H,37,40). The molecule has 3 aromatic carbocycles. The van der Waals surface area contributed by atoms with E-state index in [1.807, 2.05) is 18.2 Å². The summed E-state index contributed by atoms with van der Waals surface area (Å²) in [4.78, 5) is 16.8. The van der Waals surface area contributed by atoms with Gasteiger partial charge in [0.05, 0.1) is 11.1 Å². The molecule has 11 heteroatoms. The van der Waals surface area contributed by atoms with Crippen LogP contribution >= 0.6 is 0 Å². The highest BCUT2D eigenvalue weighted by Gasteiger charge is 2.37. The molecule has 5 nitrogen and oxygen atoms in total. The molecule has 0 aliphatic carbocycles. The number of ether oxygens (including phenoxy) is 1. The number of anilines is 1. The van der Waals surface area contributed by atoms with Gasteiger partial charge >= 0.3 is 18.4 Å². The number of urea groups is 1. The zero-order chi connectivity index (χ0) is 29.5. The molecule has 3 aromatic rings. The largest absolute Gasteiger partial charge is 0.489 e. The monoisotopic (exact) mass is 579 g/mol. The topological polar surface area (TPSA) is 44.8 Å². The van der Waals surface area contributed by atoms with Gasteiger partial charge in [0.2, 0.25) is 0 Å². The Kier molecular flexibility index (Phi) is 9.80. The third-order valence-corrected chi connectivity index (χ3v) is 6.85. The fraction of sp³-hybridized carbons (Fsp3) is 0.367. The zero-order valence-electron chi connectivity index (χ0n) is 22.3. The number of piperazine rings is 1. The number of hydrogen-bond acceptors (Lipinski definition) is 3. The van der Waals surface area contributed by atoms with Gasteiger partial charge in [0.25, 0.3) is 0 Å².